The minimum absolute atomic E-state index is 0.0375. The van der Waals surface area contributed by atoms with Crippen molar-refractivity contribution in [2.75, 3.05) is 25.1 Å². The van der Waals surface area contributed by atoms with Gasteiger partial charge < -0.3 is 15.0 Å². The van der Waals surface area contributed by atoms with E-state index in [1.165, 1.54) is 20.5 Å². The maximum Gasteiger partial charge on any atom is 0.321 e. The highest BCUT2D eigenvalue weighted by Crippen LogP contribution is 2.17. The molecule has 0 spiro atoms. The van der Waals surface area contributed by atoms with Gasteiger partial charge in [0, 0.05) is 24.2 Å². The summed E-state index contributed by atoms with van der Waals surface area (Å²) < 4.78 is 5.18. The van der Waals surface area contributed by atoms with Crippen molar-refractivity contribution in [2.45, 2.75) is 32.7 Å². The van der Waals surface area contributed by atoms with Crippen LogP contribution in [0.15, 0.2) is 24.3 Å². The van der Waals surface area contributed by atoms with Gasteiger partial charge in [-0.05, 0) is 38.3 Å². The van der Waals surface area contributed by atoms with E-state index in [1.54, 1.807) is 24.3 Å². The molecular weight excluding hydrogens is 346 g/mol. The van der Waals surface area contributed by atoms with Crippen LogP contribution in [0.2, 0.25) is 0 Å². The Kier molecular flexibility index (Phi) is 5.95. The van der Waals surface area contributed by atoms with Crippen molar-refractivity contribution in [1.29, 1.82) is 0 Å². The number of Topliss-reactive ketones (excluding diaryl/α,β-unsaturated/α-hetero) is 1. The molecule has 1 saturated heterocycles. The highest BCUT2D eigenvalue weighted by molar-refractivity contribution is 5.97. The summed E-state index contributed by atoms with van der Waals surface area (Å²) in [6.45, 7) is 3.46. The number of nitrogens with zero attached hydrogens (tertiary/aromatic N) is 4. The lowest BCUT2D eigenvalue weighted by atomic mass is 10.1. The fraction of sp³-hybridized carbons (Fsp3) is 0.421. The predicted octanol–water partition coefficient (Wildman–Crippen LogP) is 2.00. The number of benzene rings is 1. The molecule has 142 valence electrons. The molecule has 0 aliphatic carbocycles. The average molecular weight is 369 g/mol. The van der Waals surface area contributed by atoms with Crippen LogP contribution in [0.4, 0.5) is 5.95 Å². The smallest absolute Gasteiger partial charge is 0.321 e. The molecule has 2 aromatic rings. The number of aromatic nitrogens is 3. The van der Waals surface area contributed by atoms with Crippen LogP contribution in [0.5, 0.6) is 6.01 Å². The van der Waals surface area contributed by atoms with Crippen LogP contribution >= 0.6 is 0 Å². The number of nitrogens with one attached hydrogen (secondary N) is 1. The molecule has 1 aromatic carbocycles. The Morgan fingerprint density at radius 3 is 2.33 bits per heavy atom. The van der Waals surface area contributed by atoms with Crippen molar-refractivity contribution >= 4 is 17.6 Å². The van der Waals surface area contributed by atoms with E-state index < -0.39 is 0 Å². The molecule has 1 N–H and O–H groups in total. The Hall–Kier alpha value is -3.03. The second kappa shape index (κ2) is 8.57. The van der Waals surface area contributed by atoms with Gasteiger partial charge in [0.15, 0.2) is 11.6 Å². The lowest BCUT2D eigenvalue weighted by Crippen LogP contribution is -2.32. The van der Waals surface area contributed by atoms with Gasteiger partial charge in [0.25, 0.3) is 5.91 Å². The van der Waals surface area contributed by atoms with Gasteiger partial charge in [-0.3, -0.25) is 9.59 Å². The van der Waals surface area contributed by atoms with Crippen LogP contribution in [0, 0.1) is 0 Å². The fourth-order valence-corrected chi connectivity index (χ4v) is 2.91. The number of ketones is 1. The lowest BCUT2D eigenvalue weighted by Gasteiger charge is -2.26. The Morgan fingerprint density at radius 1 is 1.04 bits per heavy atom. The van der Waals surface area contributed by atoms with Crippen LogP contribution in [0.1, 0.15) is 52.7 Å². The van der Waals surface area contributed by atoms with E-state index in [0.717, 1.165) is 25.9 Å². The molecule has 1 amide bonds. The van der Waals surface area contributed by atoms with E-state index in [9.17, 15) is 9.59 Å². The summed E-state index contributed by atoms with van der Waals surface area (Å²) in [5.74, 6) is 0.723. The van der Waals surface area contributed by atoms with E-state index in [0.29, 0.717) is 22.9 Å². The van der Waals surface area contributed by atoms with Crippen molar-refractivity contribution in [1.82, 2.24) is 20.3 Å². The second-order valence-corrected chi connectivity index (χ2v) is 6.40. The Balaban J connectivity index is 1.69. The summed E-state index contributed by atoms with van der Waals surface area (Å²) in [5, 5.41) is 2.79. The molecule has 0 atom stereocenters. The van der Waals surface area contributed by atoms with Gasteiger partial charge >= 0.3 is 6.01 Å². The van der Waals surface area contributed by atoms with E-state index in [1.807, 2.05) is 0 Å². The maximum atomic E-state index is 12.3. The number of anilines is 1. The number of rotatable bonds is 6. The van der Waals surface area contributed by atoms with Gasteiger partial charge in [-0.2, -0.15) is 15.0 Å². The number of methoxy groups -OCH3 is 1. The molecule has 27 heavy (non-hydrogen) atoms. The molecule has 0 bridgehead atoms. The first-order valence-corrected chi connectivity index (χ1v) is 9.00. The normalized spacial score (nSPS) is 13.9. The molecule has 8 nitrogen and oxygen atoms in total. The van der Waals surface area contributed by atoms with Crippen molar-refractivity contribution in [3.63, 3.8) is 0 Å². The van der Waals surface area contributed by atoms with Crippen LogP contribution in [-0.4, -0.2) is 46.8 Å². The first kappa shape index (κ1) is 18.8. The topological polar surface area (TPSA) is 97.3 Å². The monoisotopic (exact) mass is 369 g/mol. The Labute approximate surface area is 158 Å². The zero-order valence-corrected chi connectivity index (χ0v) is 15.6. The van der Waals surface area contributed by atoms with Crippen LogP contribution in [0.3, 0.4) is 0 Å². The molecule has 1 fully saturated rings. The standard InChI is InChI=1S/C19H23N5O3/c1-13(25)14-6-8-15(9-7-14)17(26)20-12-16-21-18(23-19(22-16)27-2)24-10-4-3-5-11-24/h6-9H,3-5,10-12H2,1-2H3,(H,20,26). The van der Waals surface area contributed by atoms with E-state index in [-0.39, 0.29) is 24.2 Å². The molecule has 1 aromatic heterocycles. The summed E-state index contributed by atoms with van der Waals surface area (Å²) >= 11 is 0. The lowest BCUT2D eigenvalue weighted by molar-refractivity contribution is 0.0947. The van der Waals surface area contributed by atoms with Gasteiger partial charge in [-0.1, -0.05) is 12.1 Å². The molecule has 8 heteroatoms. The first-order valence-electron chi connectivity index (χ1n) is 9.00. The third kappa shape index (κ3) is 4.78. The van der Waals surface area contributed by atoms with Crippen molar-refractivity contribution in [3.05, 3.63) is 41.2 Å². The SMILES string of the molecule is COc1nc(CNC(=O)c2ccc(C(C)=O)cc2)nc(N2CCCCC2)n1. The van der Waals surface area contributed by atoms with Crippen molar-refractivity contribution in [3.8, 4) is 6.01 Å². The summed E-state index contributed by atoms with van der Waals surface area (Å²) in [6, 6.07) is 6.76. The molecule has 0 saturated carbocycles. The molecule has 3 rings (SSSR count). The fourth-order valence-electron chi connectivity index (χ4n) is 2.91. The number of hydrogen-bond donors (Lipinski definition) is 1. The molecule has 1 aliphatic rings. The highest BCUT2D eigenvalue weighted by atomic mass is 16.5. The van der Waals surface area contributed by atoms with E-state index in [2.05, 4.69) is 25.2 Å². The summed E-state index contributed by atoms with van der Waals surface area (Å²) in [7, 11) is 1.51. The van der Waals surface area contributed by atoms with Gasteiger partial charge in [-0.25, -0.2) is 0 Å². The minimum atomic E-state index is -0.260. The first-order chi connectivity index (χ1) is 13.1. The number of ether oxygens (including phenoxy) is 1. The largest absolute Gasteiger partial charge is 0.467 e. The van der Waals surface area contributed by atoms with Crippen molar-refractivity contribution in [2.24, 2.45) is 0 Å². The van der Waals surface area contributed by atoms with Gasteiger partial charge in [0.1, 0.15) is 0 Å². The highest BCUT2D eigenvalue weighted by Gasteiger charge is 2.17. The Bertz CT molecular complexity index is 817. The van der Waals surface area contributed by atoms with Crippen LogP contribution in [0.25, 0.3) is 0 Å². The van der Waals surface area contributed by atoms with E-state index in [4.69, 9.17) is 4.74 Å². The third-order valence-electron chi connectivity index (χ3n) is 4.43. The molecule has 2 heterocycles. The molecule has 0 unspecified atom stereocenters. The Morgan fingerprint density at radius 2 is 1.70 bits per heavy atom. The maximum absolute atomic E-state index is 12.3. The minimum Gasteiger partial charge on any atom is -0.467 e. The van der Waals surface area contributed by atoms with E-state index >= 15 is 0 Å². The summed E-state index contributed by atoms with van der Waals surface area (Å²) in [5.41, 5.74) is 1.04. The van der Waals surface area contributed by atoms with Gasteiger partial charge in [-0.15, -0.1) is 0 Å². The van der Waals surface area contributed by atoms with Crippen molar-refractivity contribution < 1.29 is 14.3 Å². The zero-order chi connectivity index (χ0) is 19.2. The van der Waals surface area contributed by atoms with Crippen LogP contribution < -0.4 is 15.0 Å². The number of carbonyl (C=O) groups excluding carboxylic acids is 2. The predicted molar refractivity (Wildman–Crippen MR) is 100 cm³/mol. The number of amides is 1. The zero-order valence-electron chi connectivity index (χ0n) is 15.6. The second-order valence-electron chi connectivity index (χ2n) is 6.40. The molecule has 0 radical (unpaired) electrons. The van der Waals surface area contributed by atoms with Crippen LogP contribution in [-0.2, 0) is 6.54 Å². The summed E-state index contributed by atoms with van der Waals surface area (Å²) in [6.07, 6.45) is 3.43. The number of piperidine rings is 1. The number of carbonyl (C=O) groups is 2. The molecule has 1 aliphatic heterocycles. The molecular formula is C19H23N5O3. The summed E-state index contributed by atoms with van der Waals surface area (Å²) in [4.78, 5) is 38.8. The van der Waals surface area contributed by atoms with Gasteiger partial charge in [0.05, 0.1) is 13.7 Å². The van der Waals surface area contributed by atoms with Gasteiger partial charge in [0.2, 0.25) is 5.95 Å². The number of hydrogen-bond acceptors (Lipinski definition) is 7. The quantitative estimate of drug-likeness (QED) is 0.778. The average Bonchev–Trinajstić information content (AvgIpc) is 2.72. The third-order valence-corrected chi connectivity index (χ3v) is 4.43.